The smallest absolute Gasteiger partial charge is 0.275 e. The van der Waals surface area contributed by atoms with E-state index in [-0.39, 0.29) is 5.69 Å². The van der Waals surface area contributed by atoms with Gasteiger partial charge in [-0.2, -0.15) is 0 Å². The second kappa shape index (κ2) is 9.95. The number of unbranched alkanes of at least 4 members (excludes halogenated alkanes) is 1. The number of benzene rings is 1. The predicted molar refractivity (Wildman–Crippen MR) is 80.1 cm³/mol. The van der Waals surface area contributed by atoms with Crippen LogP contribution in [0.4, 0.5) is 11.4 Å². The maximum absolute atomic E-state index is 10.8. The zero-order valence-corrected chi connectivity index (χ0v) is 12.5. The molecule has 0 aliphatic carbocycles. The van der Waals surface area contributed by atoms with Crippen molar-refractivity contribution in [1.29, 1.82) is 0 Å². The summed E-state index contributed by atoms with van der Waals surface area (Å²) in [5.74, 6) is 0.467. The standard InChI is InChI=1S/C14H22N2O5/c1-19-7-8-21-6-4-3-5-15-12-9-13(16(17)18)11-14(10-12)20-2/h9-11,15H,3-8H2,1-2H3. The molecule has 7 heteroatoms. The molecule has 0 aliphatic rings. The number of hydrogen-bond donors (Lipinski definition) is 1. The fourth-order valence-electron chi connectivity index (χ4n) is 1.71. The monoisotopic (exact) mass is 298 g/mol. The van der Waals surface area contributed by atoms with Crippen LogP contribution in [0.5, 0.6) is 5.75 Å². The Labute approximate surface area is 124 Å². The molecule has 1 N–H and O–H groups in total. The van der Waals surface area contributed by atoms with Crippen LogP contribution in [0.1, 0.15) is 12.8 Å². The summed E-state index contributed by atoms with van der Waals surface area (Å²) in [6.07, 6.45) is 1.83. The van der Waals surface area contributed by atoms with Crippen molar-refractivity contribution in [2.24, 2.45) is 0 Å². The number of nitro benzene ring substituents is 1. The lowest BCUT2D eigenvalue weighted by molar-refractivity contribution is -0.384. The summed E-state index contributed by atoms with van der Waals surface area (Å²) in [6, 6.07) is 4.63. The van der Waals surface area contributed by atoms with Crippen LogP contribution < -0.4 is 10.1 Å². The van der Waals surface area contributed by atoms with E-state index in [4.69, 9.17) is 14.2 Å². The molecular formula is C14H22N2O5. The Kier molecular flexibility index (Phi) is 8.15. The topological polar surface area (TPSA) is 82.9 Å². The van der Waals surface area contributed by atoms with E-state index in [9.17, 15) is 10.1 Å². The Hall–Kier alpha value is -1.86. The minimum absolute atomic E-state index is 0.0137. The fourth-order valence-corrected chi connectivity index (χ4v) is 1.71. The van der Waals surface area contributed by atoms with Gasteiger partial charge in [0.1, 0.15) is 5.75 Å². The van der Waals surface area contributed by atoms with Crippen LogP contribution in [0.2, 0.25) is 0 Å². The molecule has 7 nitrogen and oxygen atoms in total. The molecule has 0 atom stereocenters. The van der Waals surface area contributed by atoms with Crippen molar-refractivity contribution in [2.45, 2.75) is 12.8 Å². The highest BCUT2D eigenvalue weighted by atomic mass is 16.6. The van der Waals surface area contributed by atoms with Crippen molar-refractivity contribution in [2.75, 3.05) is 45.9 Å². The maximum atomic E-state index is 10.8. The van der Waals surface area contributed by atoms with Gasteiger partial charge >= 0.3 is 0 Å². The van der Waals surface area contributed by atoms with E-state index in [2.05, 4.69) is 5.32 Å². The first-order valence-corrected chi connectivity index (χ1v) is 6.81. The Morgan fingerprint density at radius 2 is 1.95 bits per heavy atom. The summed E-state index contributed by atoms with van der Waals surface area (Å²) in [6.45, 7) is 2.61. The van der Waals surface area contributed by atoms with E-state index < -0.39 is 4.92 Å². The largest absolute Gasteiger partial charge is 0.496 e. The number of nitrogens with one attached hydrogen (secondary N) is 1. The second-order valence-corrected chi connectivity index (χ2v) is 4.42. The number of hydrogen-bond acceptors (Lipinski definition) is 6. The molecule has 0 saturated heterocycles. The lowest BCUT2D eigenvalue weighted by atomic mass is 10.2. The zero-order valence-electron chi connectivity index (χ0n) is 12.5. The van der Waals surface area contributed by atoms with Gasteiger partial charge < -0.3 is 19.5 Å². The highest BCUT2D eigenvalue weighted by Gasteiger charge is 2.09. The minimum atomic E-state index is -0.433. The second-order valence-electron chi connectivity index (χ2n) is 4.42. The van der Waals surface area contributed by atoms with E-state index in [1.807, 2.05) is 0 Å². The first-order chi connectivity index (χ1) is 10.2. The van der Waals surface area contributed by atoms with E-state index in [0.717, 1.165) is 19.4 Å². The van der Waals surface area contributed by atoms with Gasteiger partial charge in [-0.1, -0.05) is 0 Å². The predicted octanol–water partition coefficient (Wildman–Crippen LogP) is 2.46. The highest BCUT2D eigenvalue weighted by Crippen LogP contribution is 2.25. The van der Waals surface area contributed by atoms with Crippen LogP contribution in [-0.2, 0) is 9.47 Å². The van der Waals surface area contributed by atoms with Crippen LogP contribution in [0, 0.1) is 10.1 Å². The van der Waals surface area contributed by atoms with Gasteiger partial charge in [0.2, 0.25) is 0 Å². The molecule has 1 aromatic carbocycles. The van der Waals surface area contributed by atoms with Crippen LogP contribution >= 0.6 is 0 Å². The Bertz CT molecular complexity index is 439. The SMILES string of the molecule is COCCOCCCCNc1cc(OC)cc([N+](=O)[O-])c1. The normalized spacial score (nSPS) is 10.4. The first kappa shape index (κ1) is 17.2. The Morgan fingerprint density at radius 3 is 2.62 bits per heavy atom. The van der Waals surface area contributed by atoms with E-state index in [0.29, 0.717) is 31.3 Å². The first-order valence-electron chi connectivity index (χ1n) is 6.81. The summed E-state index contributed by atoms with van der Waals surface area (Å²) >= 11 is 0. The quantitative estimate of drug-likeness (QED) is 0.384. The summed E-state index contributed by atoms with van der Waals surface area (Å²) < 4.78 is 15.3. The fraction of sp³-hybridized carbons (Fsp3) is 0.571. The van der Waals surface area contributed by atoms with Crippen molar-refractivity contribution < 1.29 is 19.1 Å². The number of nitrogens with zero attached hydrogens (tertiary/aromatic N) is 1. The average Bonchev–Trinajstić information content (AvgIpc) is 2.49. The zero-order chi connectivity index (χ0) is 15.5. The van der Waals surface area contributed by atoms with Crippen LogP contribution in [-0.4, -0.2) is 45.5 Å². The molecule has 0 aliphatic heterocycles. The molecule has 21 heavy (non-hydrogen) atoms. The number of anilines is 1. The number of non-ortho nitro benzene ring substituents is 1. The van der Waals surface area contributed by atoms with Gasteiger partial charge in [0.25, 0.3) is 5.69 Å². The molecule has 118 valence electrons. The van der Waals surface area contributed by atoms with Gasteiger partial charge in [0, 0.05) is 38.1 Å². The van der Waals surface area contributed by atoms with Crippen LogP contribution in [0.15, 0.2) is 18.2 Å². The average molecular weight is 298 g/mol. The molecule has 1 rings (SSSR count). The van der Waals surface area contributed by atoms with Crippen molar-refractivity contribution >= 4 is 11.4 Å². The lowest BCUT2D eigenvalue weighted by Gasteiger charge is -2.08. The molecule has 0 saturated carbocycles. The van der Waals surface area contributed by atoms with Gasteiger partial charge in [0.15, 0.2) is 0 Å². The molecule has 0 fully saturated rings. The lowest BCUT2D eigenvalue weighted by Crippen LogP contribution is -2.06. The third-order valence-electron chi connectivity index (χ3n) is 2.81. The number of rotatable bonds is 11. The van der Waals surface area contributed by atoms with Gasteiger partial charge in [0.05, 0.1) is 31.3 Å². The van der Waals surface area contributed by atoms with Gasteiger partial charge in [-0.25, -0.2) is 0 Å². The molecule has 0 heterocycles. The van der Waals surface area contributed by atoms with E-state index in [1.54, 1.807) is 13.2 Å². The molecule has 0 radical (unpaired) electrons. The van der Waals surface area contributed by atoms with Crippen molar-refractivity contribution in [3.63, 3.8) is 0 Å². The Morgan fingerprint density at radius 1 is 1.14 bits per heavy atom. The van der Waals surface area contributed by atoms with E-state index >= 15 is 0 Å². The van der Waals surface area contributed by atoms with Crippen molar-refractivity contribution in [3.05, 3.63) is 28.3 Å². The maximum Gasteiger partial charge on any atom is 0.275 e. The minimum Gasteiger partial charge on any atom is -0.496 e. The van der Waals surface area contributed by atoms with E-state index in [1.165, 1.54) is 19.2 Å². The molecule has 0 amide bonds. The van der Waals surface area contributed by atoms with Crippen LogP contribution in [0.3, 0.4) is 0 Å². The summed E-state index contributed by atoms with van der Waals surface area (Å²) in [5, 5.41) is 14.0. The summed E-state index contributed by atoms with van der Waals surface area (Å²) in [7, 11) is 3.13. The highest BCUT2D eigenvalue weighted by molar-refractivity contribution is 5.56. The van der Waals surface area contributed by atoms with Crippen molar-refractivity contribution in [1.82, 2.24) is 0 Å². The molecule has 0 spiro atoms. The van der Waals surface area contributed by atoms with Gasteiger partial charge in [-0.3, -0.25) is 10.1 Å². The van der Waals surface area contributed by atoms with Gasteiger partial charge in [-0.05, 0) is 12.8 Å². The number of methoxy groups -OCH3 is 2. The van der Waals surface area contributed by atoms with Crippen LogP contribution in [0.25, 0.3) is 0 Å². The number of ether oxygens (including phenoxy) is 3. The summed E-state index contributed by atoms with van der Waals surface area (Å²) in [5.41, 5.74) is 0.695. The number of nitro groups is 1. The van der Waals surface area contributed by atoms with Crippen molar-refractivity contribution in [3.8, 4) is 5.75 Å². The molecule has 0 aromatic heterocycles. The third-order valence-corrected chi connectivity index (χ3v) is 2.81. The molecule has 0 unspecified atom stereocenters. The Balaban J connectivity index is 2.31. The molecule has 0 bridgehead atoms. The molecule has 1 aromatic rings. The molecular weight excluding hydrogens is 276 g/mol. The summed E-state index contributed by atoms with van der Waals surface area (Å²) in [4.78, 5) is 10.4. The van der Waals surface area contributed by atoms with Gasteiger partial charge in [-0.15, -0.1) is 0 Å². The third kappa shape index (κ3) is 6.92.